The van der Waals surface area contributed by atoms with Gasteiger partial charge in [0.15, 0.2) is 0 Å². The van der Waals surface area contributed by atoms with Gasteiger partial charge in [-0.2, -0.15) is 0 Å². The quantitative estimate of drug-likeness (QED) is 0.608. The normalized spacial score (nSPS) is 39.2. The number of hydrogen-bond donors (Lipinski definition) is 0. The van der Waals surface area contributed by atoms with Gasteiger partial charge < -0.3 is 0 Å². The third kappa shape index (κ3) is 1.56. The van der Waals surface area contributed by atoms with Crippen LogP contribution in [-0.2, 0) is 9.84 Å². The summed E-state index contributed by atoms with van der Waals surface area (Å²) in [7, 11) is -2.76. The molecule has 3 heteroatoms. The molecule has 0 radical (unpaired) electrons. The van der Waals surface area contributed by atoms with Gasteiger partial charge in [-0.15, -0.1) is 0 Å². The van der Waals surface area contributed by atoms with Crippen molar-refractivity contribution in [1.82, 2.24) is 0 Å². The number of rotatable bonds is 2. The maximum absolute atomic E-state index is 11.0. The summed E-state index contributed by atoms with van der Waals surface area (Å²) >= 11 is 0. The van der Waals surface area contributed by atoms with E-state index in [1.165, 1.54) is 12.7 Å². The van der Waals surface area contributed by atoms with Crippen molar-refractivity contribution < 1.29 is 8.42 Å². The zero-order valence-electron chi connectivity index (χ0n) is 7.23. The zero-order chi connectivity index (χ0) is 8.77. The lowest BCUT2D eigenvalue weighted by Gasteiger charge is -2.16. The standard InChI is InChI=1S/C9H14O2S/c1-12(10,11)6-9-5-7-2-3-8(9)4-7/h2-3,7-9H,4-6H2,1H3. The first-order valence-corrected chi connectivity index (χ1v) is 6.47. The van der Waals surface area contributed by atoms with Gasteiger partial charge in [0.05, 0.1) is 5.75 Å². The predicted molar refractivity (Wildman–Crippen MR) is 48.6 cm³/mol. The van der Waals surface area contributed by atoms with E-state index in [9.17, 15) is 8.42 Å². The van der Waals surface area contributed by atoms with Crippen LogP contribution in [-0.4, -0.2) is 20.4 Å². The lowest BCUT2D eigenvalue weighted by molar-refractivity contribution is 0.485. The second-order valence-electron chi connectivity index (χ2n) is 4.13. The monoisotopic (exact) mass is 186 g/mol. The van der Waals surface area contributed by atoms with Crippen LogP contribution in [0.2, 0.25) is 0 Å². The third-order valence-corrected chi connectivity index (χ3v) is 3.97. The van der Waals surface area contributed by atoms with Crippen molar-refractivity contribution in [3.8, 4) is 0 Å². The molecule has 2 aliphatic carbocycles. The average molecular weight is 186 g/mol. The first kappa shape index (κ1) is 8.30. The molecule has 0 aliphatic heterocycles. The Labute approximate surface area is 73.6 Å². The van der Waals surface area contributed by atoms with Gasteiger partial charge in [0.1, 0.15) is 9.84 Å². The van der Waals surface area contributed by atoms with Gasteiger partial charge in [-0.3, -0.25) is 0 Å². The molecule has 0 aromatic carbocycles. The first-order chi connectivity index (χ1) is 5.54. The lowest BCUT2D eigenvalue weighted by Crippen LogP contribution is -2.18. The zero-order valence-corrected chi connectivity index (χ0v) is 8.05. The molecule has 2 bridgehead atoms. The van der Waals surface area contributed by atoms with Gasteiger partial charge in [-0.25, -0.2) is 8.42 Å². The van der Waals surface area contributed by atoms with Crippen molar-refractivity contribution in [2.75, 3.05) is 12.0 Å². The maximum Gasteiger partial charge on any atom is 0.147 e. The Morgan fingerprint density at radius 3 is 2.50 bits per heavy atom. The smallest absolute Gasteiger partial charge is 0.147 e. The summed E-state index contributed by atoms with van der Waals surface area (Å²) in [6, 6.07) is 0. The maximum atomic E-state index is 11.0. The van der Waals surface area contributed by atoms with Crippen LogP contribution in [0.4, 0.5) is 0 Å². The van der Waals surface area contributed by atoms with Gasteiger partial charge in [-0.05, 0) is 30.6 Å². The van der Waals surface area contributed by atoms with Gasteiger partial charge in [-0.1, -0.05) is 12.2 Å². The van der Waals surface area contributed by atoms with E-state index in [-0.39, 0.29) is 0 Å². The van der Waals surface area contributed by atoms with Crippen LogP contribution in [0.5, 0.6) is 0 Å². The van der Waals surface area contributed by atoms with Crippen LogP contribution in [0, 0.1) is 17.8 Å². The molecular formula is C9H14O2S. The molecular weight excluding hydrogens is 172 g/mol. The highest BCUT2D eigenvalue weighted by Crippen LogP contribution is 2.43. The molecule has 2 rings (SSSR count). The van der Waals surface area contributed by atoms with E-state index >= 15 is 0 Å². The minimum absolute atomic E-state index is 0.387. The Bertz CT molecular complexity index is 302. The summed E-state index contributed by atoms with van der Waals surface area (Å²) in [4.78, 5) is 0. The molecule has 0 aromatic rings. The van der Waals surface area contributed by atoms with Gasteiger partial charge in [0, 0.05) is 6.26 Å². The fourth-order valence-electron chi connectivity index (χ4n) is 2.48. The molecule has 0 spiro atoms. The van der Waals surface area contributed by atoms with Crippen molar-refractivity contribution in [3.63, 3.8) is 0 Å². The van der Waals surface area contributed by atoms with Crippen LogP contribution in [0.1, 0.15) is 12.8 Å². The molecule has 0 saturated heterocycles. The Hall–Kier alpha value is -0.310. The molecule has 3 atom stereocenters. The van der Waals surface area contributed by atoms with Crippen LogP contribution >= 0.6 is 0 Å². The van der Waals surface area contributed by atoms with Crippen molar-refractivity contribution in [3.05, 3.63) is 12.2 Å². The van der Waals surface area contributed by atoms with Gasteiger partial charge in [0.2, 0.25) is 0 Å². The minimum Gasteiger partial charge on any atom is -0.229 e. The molecule has 0 heterocycles. The second kappa shape index (κ2) is 2.59. The summed E-state index contributed by atoms with van der Waals surface area (Å²) < 4.78 is 22.1. The molecule has 0 N–H and O–H groups in total. The minimum atomic E-state index is -2.76. The summed E-state index contributed by atoms with van der Waals surface area (Å²) in [6.07, 6.45) is 8.06. The molecule has 1 saturated carbocycles. The highest BCUT2D eigenvalue weighted by molar-refractivity contribution is 7.90. The third-order valence-electron chi connectivity index (χ3n) is 2.93. The van der Waals surface area contributed by atoms with Crippen molar-refractivity contribution in [1.29, 1.82) is 0 Å². The number of sulfone groups is 1. The molecule has 0 aromatic heterocycles. The highest BCUT2D eigenvalue weighted by Gasteiger charge is 2.36. The van der Waals surface area contributed by atoms with E-state index in [4.69, 9.17) is 0 Å². The summed E-state index contributed by atoms with van der Waals surface area (Å²) in [5, 5.41) is 0. The van der Waals surface area contributed by atoms with Crippen LogP contribution < -0.4 is 0 Å². The first-order valence-electron chi connectivity index (χ1n) is 4.40. The van der Waals surface area contributed by atoms with Crippen LogP contribution in [0.25, 0.3) is 0 Å². The topological polar surface area (TPSA) is 34.1 Å². The number of fused-ring (bicyclic) bond motifs is 2. The Morgan fingerprint density at radius 1 is 1.33 bits per heavy atom. The predicted octanol–water partition coefficient (Wildman–Crippen LogP) is 1.24. The van der Waals surface area contributed by atoms with Gasteiger partial charge in [0.25, 0.3) is 0 Å². The highest BCUT2D eigenvalue weighted by atomic mass is 32.2. The summed E-state index contributed by atoms with van der Waals surface area (Å²) in [5.74, 6) is 2.04. The Balaban J connectivity index is 2.05. The van der Waals surface area contributed by atoms with E-state index < -0.39 is 9.84 Å². The number of allylic oxidation sites excluding steroid dienone is 2. The van der Waals surface area contributed by atoms with E-state index in [1.807, 2.05) is 0 Å². The molecule has 2 aliphatic rings. The lowest BCUT2D eigenvalue weighted by atomic mass is 9.96. The second-order valence-corrected chi connectivity index (χ2v) is 6.32. The van der Waals surface area contributed by atoms with Crippen molar-refractivity contribution in [2.24, 2.45) is 17.8 Å². The van der Waals surface area contributed by atoms with Crippen LogP contribution in [0.15, 0.2) is 12.2 Å². The Morgan fingerprint density at radius 2 is 2.08 bits per heavy atom. The largest absolute Gasteiger partial charge is 0.229 e. The van der Waals surface area contributed by atoms with Crippen LogP contribution in [0.3, 0.4) is 0 Å². The molecule has 0 amide bonds. The van der Waals surface area contributed by atoms with E-state index in [0.29, 0.717) is 23.5 Å². The summed E-state index contributed by atoms with van der Waals surface area (Å²) in [6.45, 7) is 0. The summed E-state index contributed by atoms with van der Waals surface area (Å²) in [5.41, 5.74) is 0. The molecule has 1 fully saturated rings. The fourth-order valence-corrected chi connectivity index (χ4v) is 3.64. The average Bonchev–Trinajstić information content (AvgIpc) is 2.42. The van der Waals surface area contributed by atoms with Crippen molar-refractivity contribution >= 4 is 9.84 Å². The fraction of sp³-hybridized carbons (Fsp3) is 0.778. The Kier molecular flexibility index (Phi) is 1.79. The van der Waals surface area contributed by atoms with E-state index in [2.05, 4.69) is 12.2 Å². The molecule has 3 unspecified atom stereocenters. The molecule has 12 heavy (non-hydrogen) atoms. The SMILES string of the molecule is CS(=O)(=O)CC1CC2C=CC1C2. The van der Waals surface area contributed by atoms with Gasteiger partial charge >= 0.3 is 0 Å². The van der Waals surface area contributed by atoms with Crippen molar-refractivity contribution in [2.45, 2.75) is 12.8 Å². The molecule has 68 valence electrons. The molecule has 2 nitrogen and oxygen atoms in total. The number of hydrogen-bond acceptors (Lipinski definition) is 2. The van der Waals surface area contributed by atoms with E-state index in [0.717, 1.165) is 6.42 Å². The van der Waals surface area contributed by atoms with E-state index in [1.54, 1.807) is 0 Å².